The Kier molecular flexibility index (Phi) is 4.00. The summed E-state index contributed by atoms with van der Waals surface area (Å²) in [5.74, 6) is -0.0741. The summed E-state index contributed by atoms with van der Waals surface area (Å²) in [7, 11) is -1.18. The van der Waals surface area contributed by atoms with Gasteiger partial charge in [-0.05, 0) is 48.7 Å². The van der Waals surface area contributed by atoms with Crippen LogP contribution in [0.1, 0.15) is 16.7 Å². The van der Waals surface area contributed by atoms with Gasteiger partial charge in [0.25, 0.3) is 0 Å². The lowest BCUT2D eigenvalue weighted by Crippen LogP contribution is -2.02. The number of hydrogen-bond donors (Lipinski definition) is 1. The van der Waals surface area contributed by atoms with E-state index in [0.29, 0.717) is 17.0 Å². The quantitative estimate of drug-likeness (QED) is 0.874. The van der Waals surface area contributed by atoms with E-state index >= 15 is 0 Å². The number of nitrogens with two attached hydrogens (primary N) is 1. The molecule has 0 spiro atoms. The smallest absolute Gasteiger partial charge is 0.125 e. The lowest BCUT2D eigenvalue weighted by atomic mass is 10.2. The molecule has 2 nitrogen and oxygen atoms in total. The Morgan fingerprint density at radius 1 is 1.16 bits per heavy atom. The Hall–Kier alpha value is -1.68. The normalized spacial score (nSPS) is 12.4. The third-order valence-corrected chi connectivity index (χ3v) is 4.49. The third kappa shape index (κ3) is 3.20. The average Bonchev–Trinajstić information content (AvgIpc) is 2.35. The van der Waals surface area contributed by atoms with Gasteiger partial charge in [-0.2, -0.15) is 0 Å². The Morgan fingerprint density at radius 2 is 1.89 bits per heavy atom. The molecular weight excluding hydrogens is 261 g/mol. The summed E-state index contributed by atoms with van der Waals surface area (Å²) >= 11 is 0. The molecule has 2 rings (SSSR count). The predicted octanol–water partition coefficient (Wildman–Crippen LogP) is 3.33. The maximum Gasteiger partial charge on any atom is 0.125 e. The summed E-state index contributed by atoms with van der Waals surface area (Å²) < 4.78 is 25.4. The summed E-state index contributed by atoms with van der Waals surface area (Å²) in [5, 5.41) is 0. The number of benzene rings is 2. The first-order valence-electron chi connectivity index (χ1n) is 5.97. The topological polar surface area (TPSA) is 43.1 Å². The molecule has 100 valence electrons. The summed E-state index contributed by atoms with van der Waals surface area (Å²) in [6.45, 7) is 3.90. The molecule has 1 unspecified atom stereocenters. The largest absolute Gasteiger partial charge is 0.398 e. The highest BCUT2D eigenvalue weighted by molar-refractivity contribution is 7.84. The van der Waals surface area contributed by atoms with Crippen LogP contribution in [-0.2, 0) is 16.6 Å². The molecule has 0 aliphatic heterocycles. The van der Waals surface area contributed by atoms with Crippen LogP contribution in [0.25, 0.3) is 0 Å². The minimum Gasteiger partial charge on any atom is -0.398 e. The van der Waals surface area contributed by atoms with Crippen LogP contribution in [0.5, 0.6) is 0 Å². The van der Waals surface area contributed by atoms with Gasteiger partial charge >= 0.3 is 0 Å². The Morgan fingerprint density at radius 3 is 2.58 bits per heavy atom. The van der Waals surface area contributed by atoms with Gasteiger partial charge in [0, 0.05) is 10.6 Å². The lowest BCUT2D eigenvalue weighted by Gasteiger charge is -2.09. The minimum atomic E-state index is -1.18. The summed E-state index contributed by atoms with van der Waals surface area (Å²) in [5.41, 5.74) is 8.86. The molecule has 2 N–H and O–H groups in total. The minimum absolute atomic E-state index is 0.302. The molecule has 4 heteroatoms. The van der Waals surface area contributed by atoms with E-state index < -0.39 is 10.8 Å². The van der Waals surface area contributed by atoms with Gasteiger partial charge < -0.3 is 5.73 Å². The highest BCUT2D eigenvalue weighted by atomic mass is 32.2. The second-order valence-electron chi connectivity index (χ2n) is 4.60. The van der Waals surface area contributed by atoms with Gasteiger partial charge in [-0.3, -0.25) is 4.21 Å². The lowest BCUT2D eigenvalue weighted by molar-refractivity contribution is 0.628. The van der Waals surface area contributed by atoms with Gasteiger partial charge in [0.2, 0.25) is 0 Å². The van der Waals surface area contributed by atoms with Crippen LogP contribution in [0.4, 0.5) is 10.1 Å². The molecule has 2 aromatic rings. The van der Waals surface area contributed by atoms with E-state index in [1.807, 2.05) is 32.0 Å². The Bertz CT molecular complexity index is 640. The van der Waals surface area contributed by atoms with Crippen molar-refractivity contribution < 1.29 is 8.60 Å². The van der Waals surface area contributed by atoms with E-state index in [0.717, 1.165) is 16.0 Å². The Balaban J connectivity index is 2.28. The number of hydrogen-bond acceptors (Lipinski definition) is 2. The summed E-state index contributed by atoms with van der Waals surface area (Å²) in [4.78, 5) is 0.809. The number of rotatable bonds is 3. The average molecular weight is 277 g/mol. The predicted molar refractivity (Wildman–Crippen MR) is 76.8 cm³/mol. The molecule has 0 fully saturated rings. The van der Waals surface area contributed by atoms with Gasteiger partial charge in [0.1, 0.15) is 5.82 Å². The van der Waals surface area contributed by atoms with Crippen molar-refractivity contribution in [1.82, 2.24) is 0 Å². The van der Waals surface area contributed by atoms with Gasteiger partial charge in [-0.25, -0.2) is 4.39 Å². The number of anilines is 1. The van der Waals surface area contributed by atoms with E-state index in [4.69, 9.17) is 5.73 Å². The van der Waals surface area contributed by atoms with Crippen molar-refractivity contribution in [2.45, 2.75) is 24.5 Å². The molecular formula is C15H16FNOS. The van der Waals surface area contributed by atoms with Crippen molar-refractivity contribution in [3.63, 3.8) is 0 Å². The van der Waals surface area contributed by atoms with E-state index in [1.165, 1.54) is 12.1 Å². The molecule has 2 aromatic carbocycles. The molecule has 19 heavy (non-hydrogen) atoms. The number of aryl methyl sites for hydroxylation is 2. The first kappa shape index (κ1) is 13.7. The molecule has 0 aromatic heterocycles. The van der Waals surface area contributed by atoms with E-state index in [-0.39, 0.29) is 5.82 Å². The van der Waals surface area contributed by atoms with Crippen LogP contribution >= 0.6 is 0 Å². The molecule has 1 atom stereocenters. The first-order valence-corrected chi connectivity index (χ1v) is 7.29. The van der Waals surface area contributed by atoms with Crippen LogP contribution in [0.15, 0.2) is 41.3 Å². The van der Waals surface area contributed by atoms with Crippen LogP contribution in [0.2, 0.25) is 0 Å². The van der Waals surface area contributed by atoms with Crippen molar-refractivity contribution >= 4 is 16.5 Å². The van der Waals surface area contributed by atoms with Crippen molar-refractivity contribution in [1.29, 1.82) is 0 Å². The third-order valence-electron chi connectivity index (χ3n) is 2.98. The van der Waals surface area contributed by atoms with Gasteiger partial charge in [0.15, 0.2) is 0 Å². The fourth-order valence-electron chi connectivity index (χ4n) is 1.87. The monoisotopic (exact) mass is 277 g/mol. The first-order chi connectivity index (χ1) is 8.97. The molecule has 0 bridgehead atoms. The van der Waals surface area contributed by atoms with E-state index in [1.54, 1.807) is 6.07 Å². The van der Waals surface area contributed by atoms with Crippen molar-refractivity contribution in [2.75, 3.05) is 5.73 Å². The summed E-state index contributed by atoms with van der Waals surface area (Å²) in [6, 6.07) is 10.1. The van der Waals surface area contributed by atoms with Crippen molar-refractivity contribution in [2.24, 2.45) is 0 Å². The van der Waals surface area contributed by atoms with E-state index in [9.17, 15) is 8.60 Å². The molecule has 0 heterocycles. The molecule has 0 amide bonds. The van der Waals surface area contributed by atoms with Crippen LogP contribution < -0.4 is 5.73 Å². The van der Waals surface area contributed by atoms with Gasteiger partial charge in [0.05, 0.1) is 16.6 Å². The van der Waals surface area contributed by atoms with Crippen molar-refractivity contribution in [3.8, 4) is 0 Å². The van der Waals surface area contributed by atoms with Crippen LogP contribution in [-0.4, -0.2) is 4.21 Å². The fraction of sp³-hybridized carbons (Fsp3) is 0.200. The van der Waals surface area contributed by atoms with Gasteiger partial charge in [-0.1, -0.05) is 18.2 Å². The van der Waals surface area contributed by atoms with Crippen LogP contribution in [0.3, 0.4) is 0 Å². The maximum absolute atomic E-state index is 13.0. The zero-order valence-corrected chi connectivity index (χ0v) is 11.8. The van der Waals surface area contributed by atoms with Crippen LogP contribution in [0, 0.1) is 19.7 Å². The van der Waals surface area contributed by atoms with E-state index in [2.05, 4.69) is 0 Å². The zero-order chi connectivity index (χ0) is 14.0. The molecule has 0 aliphatic rings. The SMILES string of the molecule is Cc1ccc(C)c(S(=O)Cc2ccc(F)cc2N)c1. The number of nitrogen functional groups attached to an aromatic ring is 1. The molecule has 0 aliphatic carbocycles. The summed E-state index contributed by atoms with van der Waals surface area (Å²) in [6.07, 6.45) is 0. The highest BCUT2D eigenvalue weighted by Gasteiger charge is 2.11. The second-order valence-corrected chi connectivity index (χ2v) is 6.02. The maximum atomic E-state index is 13.0. The van der Waals surface area contributed by atoms with Gasteiger partial charge in [-0.15, -0.1) is 0 Å². The Labute approximate surface area is 114 Å². The van der Waals surface area contributed by atoms with Crippen molar-refractivity contribution in [3.05, 3.63) is 58.9 Å². The molecule has 0 saturated carbocycles. The fourth-order valence-corrected chi connectivity index (χ4v) is 3.31. The standard InChI is InChI=1S/C15H16FNOS/c1-10-3-4-11(2)15(7-10)19(18)9-12-5-6-13(16)8-14(12)17/h3-8H,9,17H2,1-2H3. The zero-order valence-electron chi connectivity index (χ0n) is 10.9. The molecule has 0 radical (unpaired) electrons. The molecule has 0 saturated heterocycles. The second kappa shape index (κ2) is 5.53. The highest BCUT2D eigenvalue weighted by Crippen LogP contribution is 2.21. The number of halogens is 1.